The summed E-state index contributed by atoms with van der Waals surface area (Å²) in [5.41, 5.74) is 0.446. The van der Waals surface area contributed by atoms with Crippen LogP contribution < -0.4 is 0 Å². The van der Waals surface area contributed by atoms with E-state index >= 15 is 0 Å². The minimum Gasteiger partial charge on any atom is -0.507 e. The number of carbonyl (C=O) groups is 1. The number of hydrogen-bond donors (Lipinski definition) is 2. The third kappa shape index (κ3) is 1.76. The molecule has 0 saturated carbocycles. The van der Waals surface area contributed by atoms with Crippen LogP contribution in [0.25, 0.3) is 10.8 Å². The van der Waals surface area contributed by atoms with Gasteiger partial charge in [-0.1, -0.05) is 36.4 Å². The normalized spacial score (nSPS) is 10.4. The zero-order valence-corrected chi connectivity index (χ0v) is 7.97. The largest absolute Gasteiger partial charge is 0.507 e. The smallest absolute Gasteiger partial charge is 0.307 e. The molecule has 3 nitrogen and oxygen atoms in total. The van der Waals surface area contributed by atoms with E-state index in [1.54, 1.807) is 12.1 Å². The molecule has 0 radical (unpaired) electrons. The van der Waals surface area contributed by atoms with Gasteiger partial charge in [0.05, 0.1) is 6.42 Å². The molecule has 0 fully saturated rings. The van der Waals surface area contributed by atoms with Gasteiger partial charge in [-0.25, -0.2) is 0 Å². The molecule has 0 bridgehead atoms. The van der Waals surface area contributed by atoms with Crippen molar-refractivity contribution in [3.8, 4) is 5.75 Å². The summed E-state index contributed by atoms with van der Waals surface area (Å²) in [5, 5.41) is 20.1. The van der Waals surface area contributed by atoms with Crippen LogP contribution in [-0.4, -0.2) is 16.2 Å². The predicted octanol–water partition coefficient (Wildman–Crippen LogP) is 2.17. The molecule has 0 heterocycles. The van der Waals surface area contributed by atoms with Gasteiger partial charge in [0, 0.05) is 10.9 Å². The van der Waals surface area contributed by atoms with Crippen LogP contribution in [0.3, 0.4) is 0 Å². The second-order valence-electron chi connectivity index (χ2n) is 3.36. The van der Waals surface area contributed by atoms with E-state index in [1.165, 1.54) is 0 Å². The molecule has 0 spiro atoms. The first kappa shape index (κ1) is 9.52. The number of phenols is 1. The molecule has 0 unspecified atom stereocenters. The predicted molar refractivity (Wildman–Crippen MR) is 57.0 cm³/mol. The Morgan fingerprint density at radius 1 is 1.13 bits per heavy atom. The Balaban J connectivity index is 2.59. The quantitative estimate of drug-likeness (QED) is 0.784. The molecule has 3 heteroatoms. The Kier molecular flexibility index (Phi) is 2.29. The molecule has 76 valence electrons. The molecule has 2 aromatic carbocycles. The van der Waals surface area contributed by atoms with Crippen LogP contribution in [0.1, 0.15) is 5.56 Å². The number of phenolic OH excluding ortho intramolecular Hbond substituents is 1. The number of rotatable bonds is 2. The lowest BCUT2D eigenvalue weighted by Crippen LogP contribution is -2.00. The van der Waals surface area contributed by atoms with Gasteiger partial charge >= 0.3 is 5.97 Å². The van der Waals surface area contributed by atoms with Crippen molar-refractivity contribution in [2.24, 2.45) is 0 Å². The van der Waals surface area contributed by atoms with Crippen LogP contribution in [0, 0.1) is 0 Å². The Morgan fingerprint density at radius 2 is 1.87 bits per heavy atom. The lowest BCUT2D eigenvalue weighted by Gasteiger charge is -2.05. The molecule has 0 aromatic heterocycles. The molecular formula is C12H10O3. The van der Waals surface area contributed by atoms with E-state index < -0.39 is 5.97 Å². The second kappa shape index (κ2) is 3.61. The van der Waals surface area contributed by atoms with Gasteiger partial charge in [0.15, 0.2) is 0 Å². The van der Waals surface area contributed by atoms with Gasteiger partial charge in [-0.15, -0.1) is 0 Å². The highest BCUT2D eigenvalue weighted by molar-refractivity contribution is 5.90. The average molecular weight is 202 g/mol. The molecule has 15 heavy (non-hydrogen) atoms. The Labute approximate surface area is 86.6 Å². The fraction of sp³-hybridized carbons (Fsp3) is 0.0833. The number of hydrogen-bond acceptors (Lipinski definition) is 2. The molecule has 2 N–H and O–H groups in total. The standard InChI is InChI=1S/C12H10O3/c13-11(14)7-9-6-5-8-3-1-2-4-10(8)12(9)15/h1-6,15H,7H2,(H,13,14). The summed E-state index contributed by atoms with van der Waals surface area (Å²) in [6.45, 7) is 0. The Morgan fingerprint density at radius 3 is 2.60 bits per heavy atom. The highest BCUT2D eigenvalue weighted by atomic mass is 16.4. The van der Waals surface area contributed by atoms with Gasteiger partial charge in [0.2, 0.25) is 0 Å². The minimum atomic E-state index is -0.944. The van der Waals surface area contributed by atoms with Gasteiger partial charge in [-0.2, -0.15) is 0 Å². The molecular weight excluding hydrogens is 192 g/mol. The SMILES string of the molecule is O=C(O)Cc1ccc2ccccc2c1O. The highest BCUT2D eigenvalue weighted by Crippen LogP contribution is 2.28. The van der Waals surface area contributed by atoms with Gasteiger partial charge in [0.1, 0.15) is 5.75 Å². The van der Waals surface area contributed by atoms with Gasteiger partial charge < -0.3 is 10.2 Å². The Hall–Kier alpha value is -2.03. The molecule has 0 aliphatic carbocycles. The third-order valence-electron chi connectivity index (χ3n) is 2.33. The van der Waals surface area contributed by atoms with Gasteiger partial charge in [-0.05, 0) is 5.39 Å². The van der Waals surface area contributed by atoms with Crippen molar-refractivity contribution in [1.82, 2.24) is 0 Å². The monoisotopic (exact) mass is 202 g/mol. The van der Waals surface area contributed by atoms with Gasteiger partial charge in [-0.3, -0.25) is 4.79 Å². The van der Waals surface area contributed by atoms with Crippen LogP contribution in [-0.2, 0) is 11.2 Å². The zero-order valence-electron chi connectivity index (χ0n) is 7.97. The fourth-order valence-electron chi connectivity index (χ4n) is 1.61. The maximum Gasteiger partial charge on any atom is 0.307 e. The van der Waals surface area contributed by atoms with Crippen molar-refractivity contribution in [3.63, 3.8) is 0 Å². The van der Waals surface area contributed by atoms with Gasteiger partial charge in [0.25, 0.3) is 0 Å². The van der Waals surface area contributed by atoms with Crippen LogP contribution >= 0.6 is 0 Å². The first-order valence-electron chi connectivity index (χ1n) is 4.60. The highest BCUT2D eigenvalue weighted by Gasteiger charge is 2.08. The summed E-state index contributed by atoms with van der Waals surface area (Å²) in [6.07, 6.45) is -0.156. The lowest BCUT2D eigenvalue weighted by atomic mass is 10.0. The second-order valence-corrected chi connectivity index (χ2v) is 3.36. The van der Waals surface area contributed by atoms with Crippen molar-refractivity contribution in [2.45, 2.75) is 6.42 Å². The van der Waals surface area contributed by atoms with Crippen molar-refractivity contribution < 1.29 is 15.0 Å². The zero-order chi connectivity index (χ0) is 10.8. The van der Waals surface area contributed by atoms with E-state index in [0.717, 1.165) is 5.39 Å². The summed E-state index contributed by atoms with van der Waals surface area (Å²) < 4.78 is 0. The van der Waals surface area contributed by atoms with Crippen LogP contribution in [0.2, 0.25) is 0 Å². The lowest BCUT2D eigenvalue weighted by molar-refractivity contribution is -0.136. The third-order valence-corrected chi connectivity index (χ3v) is 2.33. The average Bonchev–Trinajstić information content (AvgIpc) is 2.22. The van der Waals surface area contributed by atoms with E-state index in [9.17, 15) is 9.90 Å². The van der Waals surface area contributed by atoms with E-state index in [-0.39, 0.29) is 12.2 Å². The fourth-order valence-corrected chi connectivity index (χ4v) is 1.61. The summed E-state index contributed by atoms with van der Waals surface area (Å²) in [6, 6.07) is 10.8. The van der Waals surface area contributed by atoms with Crippen molar-refractivity contribution in [1.29, 1.82) is 0 Å². The van der Waals surface area contributed by atoms with E-state index in [2.05, 4.69) is 0 Å². The Bertz CT molecular complexity index is 517. The van der Waals surface area contributed by atoms with Crippen molar-refractivity contribution in [3.05, 3.63) is 42.0 Å². The van der Waals surface area contributed by atoms with Crippen molar-refractivity contribution in [2.75, 3.05) is 0 Å². The van der Waals surface area contributed by atoms with E-state index in [4.69, 9.17) is 5.11 Å². The van der Waals surface area contributed by atoms with E-state index in [0.29, 0.717) is 10.9 Å². The molecule has 0 aliphatic rings. The maximum absolute atomic E-state index is 10.5. The number of aromatic hydroxyl groups is 1. The number of carboxylic acid groups (broad SMARTS) is 1. The van der Waals surface area contributed by atoms with Crippen LogP contribution in [0.15, 0.2) is 36.4 Å². The summed E-state index contributed by atoms with van der Waals surface area (Å²) in [5.74, 6) is -0.879. The number of fused-ring (bicyclic) bond motifs is 1. The summed E-state index contributed by atoms with van der Waals surface area (Å²) in [4.78, 5) is 10.5. The van der Waals surface area contributed by atoms with Crippen LogP contribution in [0.4, 0.5) is 0 Å². The first-order chi connectivity index (χ1) is 7.18. The topological polar surface area (TPSA) is 57.5 Å². The van der Waals surface area contributed by atoms with Crippen molar-refractivity contribution >= 4 is 16.7 Å². The molecule has 0 saturated heterocycles. The summed E-state index contributed by atoms with van der Waals surface area (Å²) in [7, 11) is 0. The molecule has 2 aromatic rings. The van der Waals surface area contributed by atoms with Crippen LogP contribution in [0.5, 0.6) is 5.75 Å². The maximum atomic E-state index is 10.5. The molecule has 2 rings (SSSR count). The molecule has 0 amide bonds. The van der Waals surface area contributed by atoms with E-state index in [1.807, 2.05) is 24.3 Å². The molecule has 0 aliphatic heterocycles. The number of carboxylic acids is 1. The minimum absolute atomic E-state index is 0.0653. The first-order valence-corrected chi connectivity index (χ1v) is 4.60. The molecule has 0 atom stereocenters. The number of benzene rings is 2. The number of aliphatic carboxylic acids is 1. The summed E-state index contributed by atoms with van der Waals surface area (Å²) >= 11 is 0.